The highest BCUT2D eigenvalue weighted by atomic mass is 35.5. The Morgan fingerprint density at radius 2 is 2.12 bits per heavy atom. The van der Waals surface area contributed by atoms with Crippen LogP contribution in [0.2, 0.25) is 5.02 Å². The van der Waals surface area contributed by atoms with E-state index in [1.807, 2.05) is 51.9 Å². The minimum Gasteiger partial charge on any atom is -0.341 e. The first-order valence-corrected chi connectivity index (χ1v) is 11.1. The Balaban J connectivity index is 1.47. The SMILES string of the molecule is CN(C(=O)c1ncc[nH]1)[C@@H]1CN(C(=O)c2cccn3cncc23)CC[C@H]1c1cccc(Cl)c1. The molecule has 5 rings (SSSR count). The fraction of sp³-hybridized carbons (Fsp3) is 0.250. The van der Waals surface area contributed by atoms with E-state index >= 15 is 0 Å². The smallest absolute Gasteiger partial charge is 0.289 e. The summed E-state index contributed by atoms with van der Waals surface area (Å²) in [5.41, 5.74) is 2.41. The number of likely N-dealkylation sites (tertiary alicyclic amines) is 1. The molecule has 1 fully saturated rings. The monoisotopic (exact) mass is 462 g/mol. The molecule has 8 nitrogen and oxygen atoms in total. The molecule has 0 spiro atoms. The number of carbonyl (C=O) groups excluding carboxylic acids is 2. The summed E-state index contributed by atoms with van der Waals surface area (Å²) in [6, 6.07) is 11.1. The molecule has 0 radical (unpaired) electrons. The molecule has 0 aliphatic carbocycles. The normalized spacial score (nSPS) is 18.4. The fourth-order valence-electron chi connectivity index (χ4n) is 4.64. The van der Waals surface area contributed by atoms with Crippen LogP contribution >= 0.6 is 11.6 Å². The summed E-state index contributed by atoms with van der Waals surface area (Å²) >= 11 is 6.27. The van der Waals surface area contributed by atoms with Gasteiger partial charge in [-0.25, -0.2) is 9.97 Å². The van der Waals surface area contributed by atoms with Crippen molar-refractivity contribution in [3.63, 3.8) is 0 Å². The van der Waals surface area contributed by atoms with Gasteiger partial charge in [0.15, 0.2) is 5.82 Å². The molecule has 1 aliphatic rings. The Morgan fingerprint density at radius 1 is 1.24 bits per heavy atom. The zero-order valence-corrected chi connectivity index (χ0v) is 18.8. The van der Waals surface area contributed by atoms with Crippen molar-refractivity contribution < 1.29 is 9.59 Å². The number of nitrogens with zero attached hydrogens (tertiary/aromatic N) is 5. The van der Waals surface area contributed by atoms with Crippen molar-refractivity contribution in [2.45, 2.75) is 18.4 Å². The number of pyridine rings is 1. The van der Waals surface area contributed by atoms with Crippen molar-refractivity contribution in [1.29, 1.82) is 0 Å². The number of piperidine rings is 1. The van der Waals surface area contributed by atoms with Crippen molar-refractivity contribution in [3.8, 4) is 0 Å². The van der Waals surface area contributed by atoms with E-state index in [0.717, 1.165) is 11.1 Å². The van der Waals surface area contributed by atoms with Crippen molar-refractivity contribution >= 4 is 28.9 Å². The first-order chi connectivity index (χ1) is 16.0. The van der Waals surface area contributed by atoms with Crippen LogP contribution in [0.3, 0.4) is 0 Å². The molecule has 1 aromatic carbocycles. The highest BCUT2D eigenvalue weighted by Crippen LogP contribution is 2.33. The largest absolute Gasteiger partial charge is 0.341 e. The number of aromatic amines is 1. The molecule has 3 aromatic heterocycles. The van der Waals surface area contributed by atoms with Crippen LogP contribution in [0.15, 0.2) is 67.5 Å². The summed E-state index contributed by atoms with van der Waals surface area (Å²) in [6.07, 6.45) is 9.11. The summed E-state index contributed by atoms with van der Waals surface area (Å²) in [5, 5.41) is 0.650. The Hall–Kier alpha value is -3.65. The third kappa shape index (κ3) is 3.98. The molecule has 1 saturated heterocycles. The lowest BCUT2D eigenvalue weighted by Crippen LogP contribution is -2.54. The van der Waals surface area contributed by atoms with Gasteiger partial charge in [0.25, 0.3) is 11.8 Å². The number of fused-ring (bicyclic) bond motifs is 1. The third-order valence-corrected chi connectivity index (χ3v) is 6.58. The summed E-state index contributed by atoms with van der Waals surface area (Å²) in [4.78, 5) is 41.3. The number of halogens is 1. The molecule has 0 bridgehead atoms. The Bertz CT molecular complexity index is 1300. The number of carbonyl (C=O) groups is 2. The van der Waals surface area contributed by atoms with Crippen LogP contribution in [0.4, 0.5) is 0 Å². The van der Waals surface area contributed by atoms with Crippen LogP contribution in [-0.2, 0) is 0 Å². The minimum absolute atomic E-state index is 0.0300. The molecule has 0 unspecified atom stereocenters. The topological polar surface area (TPSA) is 86.6 Å². The molecule has 4 heterocycles. The number of imidazole rings is 2. The van der Waals surface area contributed by atoms with Gasteiger partial charge in [0.05, 0.1) is 29.6 Å². The highest BCUT2D eigenvalue weighted by molar-refractivity contribution is 6.30. The molecule has 9 heteroatoms. The number of amides is 2. The lowest BCUT2D eigenvalue weighted by atomic mass is 9.84. The second-order valence-corrected chi connectivity index (χ2v) is 8.67. The van der Waals surface area contributed by atoms with Gasteiger partial charge < -0.3 is 19.2 Å². The van der Waals surface area contributed by atoms with Crippen molar-refractivity contribution in [1.82, 2.24) is 29.2 Å². The lowest BCUT2D eigenvalue weighted by molar-refractivity contribution is 0.0471. The van der Waals surface area contributed by atoms with Crippen LogP contribution < -0.4 is 0 Å². The zero-order valence-electron chi connectivity index (χ0n) is 18.1. The third-order valence-electron chi connectivity index (χ3n) is 6.35. The van der Waals surface area contributed by atoms with Gasteiger partial charge in [0.2, 0.25) is 0 Å². The summed E-state index contributed by atoms with van der Waals surface area (Å²) in [6.45, 7) is 0.971. The van der Waals surface area contributed by atoms with Crippen LogP contribution in [0, 0.1) is 0 Å². The van der Waals surface area contributed by atoms with Gasteiger partial charge in [-0.15, -0.1) is 0 Å². The van der Waals surface area contributed by atoms with E-state index in [4.69, 9.17) is 11.6 Å². The summed E-state index contributed by atoms with van der Waals surface area (Å²) < 4.78 is 1.83. The van der Waals surface area contributed by atoms with E-state index in [0.29, 0.717) is 30.1 Å². The predicted molar refractivity (Wildman–Crippen MR) is 124 cm³/mol. The first kappa shape index (κ1) is 21.2. The lowest BCUT2D eigenvalue weighted by Gasteiger charge is -2.43. The molecule has 0 saturated carbocycles. The predicted octanol–water partition coefficient (Wildman–Crippen LogP) is 3.48. The number of hydrogen-bond acceptors (Lipinski definition) is 4. The highest BCUT2D eigenvalue weighted by Gasteiger charge is 2.38. The van der Waals surface area contributed by atoms with E-state index in [2.05, 4.69) is 15.0 Å². The van der Waals surface area contributed by atoms with E-state index in [-0.39, 0.29) is 29.6 Å². The molecule has 33 heavy (non-hydrogen) atoms. The van der Waals surface area contributed by atoms with E-state index in [1.54, 1.807) is 36.9 Å². The molecule has 2 atom stereocenters. The van der Waals surface area contributed by atoms with E-state index in [1.165, 1.54) is 0 Å². The number of H-pyrrole nitrogens is 1. The van der Waals surface area contributed by atoms with Crippen molar-refractivity contribution in [2.24, 2.45) is 0 Å². The van der Waals surface area contributed by atoms with Gasteiger partial charge in [-0.05, 0) is 36.2 Å². The van der Waals surface area contributed by atoms with E-state index < -0.39 is 0 Å². The molecule has 2 amide bonds. The Morgan fingerprint density at radius 3 is 2.91 bits per heavy atom. The average Bonchev–Trinajstić information content (AvgIpc) is 3.54. The van der Waals surface area contributed by atoms with E-state index in [9.17, 15) is 9.59 Å². The number of aromatic nitrogens is 4. The summed E-state index contributed by atoms with van der Waals surface area (Å²) in [5.74, 6) is 0.0101. The molecule has 1 N–H and O–H groups in total. The standard InChI is InChI=1S/C24H23ClN6O2/c1-29(24(33)22-27-8-9-28-22)21-14-30(11-7-18(21)16-4-2-5-17(25)12-16)23(32)19-6-3-10-31-15-26-13-20(19)31/h2-6,8-10,12-13,15,18,21H,7,11,14H2,1H3,(H,27,28)/t18-,21+/m0/s1. The van der Waals surface area contributed by atoms with Gasteiger partial charge in [0.1, 0.15) is 0 Å². The molecule has 4 aromatic rings. The molecule has 1 aliphatic heterocycles. The first-order valence-electron chi connectivity index (χ1n) is 10.7. The van der Waals surface area contributed by atoms with Gasteiger partial charge in [0, 0.05) is 49.7 Å². The van der Waals surface area contributed by atoms with Crippen LogP contribution in [-0.4, -0.2) is 67.1 Å². The maximum atomic E-state index is 13.5. The van der Waals surface area contributed by atoms with Crippen molar-refractivity contribution in [2.75, 3.05) is 20.1 Å². The molecular formula is C24H23ClN6O2. The maximum absolute atomic E-state index is 13.5. The van der Waals surface area contributed by atoms with Gasteiger partial charge in [-0.2, -0.15) is 0 Å². The van der Waals surface area contributed by atoms with Gasteiger partial charge in [-0.3, -0.25) is 9.59 Å². The fourth-order valence-corrected chi connectivity index (χ4v) is 4.83. The number of rotatable bonds is 4. The second kappa shape index (κ2) is 8.71. The van der Waals surface area contributed by atoms with Crippen molar-refractivity contribution in [3.05, 3.63) is 89.5 Å². The van der Waals surface area contributed by atoms with Crippen LogP contribution in [0.25, 0.3) is 5.52 Å². The van der Waals surface area contributed by atoms with Gasteiger partial charge in [-0.1, -0.05) is 23.7 Å². The Labute approximate surface area is 195 Å². The maximum Gasteiger partial charge on any atom is 0.289 e. The minimum atomic E-state index is -0.247. The number of benzene rings is 1. The second-order valence-electron chi connectivity index (χ2n) is 8.23. The number of nitrogens with one attached hydrogen (secondary N) is 1. The quantitative estimate of drug-likeness (QED) is 0.503. The van der Waals surface area contributed by atoms with Gasteiger partial charge >= 0.3 is 0 Å². The molecule has 168 valence electrons. The zero-order chi connectivity index (χ0) is 22.9. The van der Waals surface area contributed by atoms with Crippen LogP contribution in [0.5, 0.6) is 0 Å². The summed E-state index contributed by atoms with van der Waals surface area (Å²) in [7, 11) is 1.76. The number of hydrogen-bond donors (Lipinski definition) is 1. The number of likely N-dealkylation sites (N-methyl/N-ethyl adjacent to an activating group) is 1. The van der Waals surface area contributed by atoms with Crippen LogP contribution in [0.1, 0.15) is 38.9 Å². The Kier molecular flexibility index (Phi) is 5.60. The average molecular weight is 463 g/mol. The molecular weight excluding hydrogens is 440 g/mol.